The van der Waals surface area contributed by atoms with E-state index in [0.29, 0.717) is 10.5 Å². The standard InChI is InChI=1S/C22H39IN2O3S/c23-19(15-29-16-21(26)24-13-18-9-8-10-18)14-25-22(17-27-22)28-20-11-6-4-2-1-3-5-7-12-20/h4,6,18-21,24-26H,1-3,5,7-17H2/b6-4-. The summed E-state index contributed by atoms with van der Waals surface area (Å²) in [6.45, 7) is 2.47. The van der Waals surface area contributed by atoms with Crippen molar-refractivity contribution in [2.24, 2.45) is 5.92 Å². The van der Waals surface area contributed by atoms with Gasteiger partial charge in [-0.3, -0.25) is 10.6 Å². The summed E-state index contributed by atoms with van der Waals surface area (Å²) in [6.07, 6.45) is 17.0. The van der Waals surface area contributed by atoms with Crippen LogP contribution in [0.2, 0.25) is 0 Å². The van der Waals surface area contributed by atoms with Gasteiger partial charge in [0.2, 0.25) is 0 Å². The number of rotatable bonds is 12. The van der Waals surface area contributed by atoms with E-state index in [1.54, 1.807) is 0 Å². The van der Waals surface area contributed by atoms with Gasteiger partial charge in [-0.15, -0.1) is 0 Å². The first kappa shape index (κ1) is 24.3. The predicted octanol–water partition coefficient (Wildman–Crippen LogP) is 4.19. The number of allylic oxidation sites excluding steroid dienone is 1. The van der Waals surface area contributed by atoms with Gasteiger partial charge in [0.15, 0.2) is 0 Å². The summed E-state index contributed by atoms with van der Waals surface area (Å²) in [6, 6.07) is 0. The lowest BCUT2D eigenvalue weighted by Crippen LogP contribution is -2.42. The number of alkyl halides is 1. The Morgan fingerprint density at radius 2 is 1.97 bits per heavy atom. The topological polar surface area (TPSA) is 66.0 Å². The SMILES string of the molecule is OC(CSCC(I)CNC1(OC2C/C=C\CCCCCC2)CO1)NCC1CCC1. The predicted molar refractivity (Wildman–Crippen MR) is 130 cm³/mol. The molecule has 0 radical (unpaired) electrons. The number of hydrogen-bond acceptors (Lipinski definition) is 6. The van der Waals surface area contributed by atoms with Crippen LogP contribution < -0.4 is 10.6 Å². The molecule has 3 aliphatic rings. The van der Waals surface area contributed by atoms with Crippen LogP contribution in [0.15, 0.2) is 12.2 Å². The number of epoxide rings is 1. The molecule has 3 N–H and O–H groups in total. The molecule has 4 atom stereocenters. The third-order valence-electron chi connectivity index (χ3n) is 6.01. The largest absolute Gasteiger partial charge is 0.378 e. The highest BCUT2D eigenvalue weighted by Gasteiger charge is 2.48. The minimum absolute atomic E-state index is 0.248. The molecule has 5 nitrogen and oxygen atoms in total. The Morgan fingerprint density at radius 3 is 2.72 bits per heavy atom. The van der Waals surface area contributed by atoms with Crippen molar-refractivity contribution in [3.8, 4) is 0 Å². The van der Waals surface area contributed by atoms with Crippen LogP contribution in [-0.4, -0.2) is 58.5 Å². The van der Waals surface area contributed by atoms with Gasteiger partial charge < -0.3 is 14.6 Å². The van der Waals surface area contributed by atoms with Crippen LogP contribution in [0.1, 0.15) is 64.2 Å². The third kappa shape index (κ3) is 9.74. The first-order valence-electron chi connectivity index (χ1n) is 11.5. The average molecular weight is 539 g/mol. The number of aliphatic hydroxyl groups is 1. The maximum absolute atomic E-state index is 10.1. The molecular weight excluding hydrogens is 499 g/mol. The molecule has 3 rings (SSSR count). The summed E-state index contributed by atoms with van der Waals surface area (Å²) in [5.41, 5.74) is 0. The molecule has 4 unspecified atom stereocenters. The van der Waals surface area contributed by atoms with Gasteiger partial charge >= 0.3 is 0 Å². The molecule has 7 heteroatoms. The van der Waals surface area contributed by atoms with Crippen LogP contribution in [-0.2, 0) is 9.47 Å². The molecule has 0 aromatic carbocycles. The summed E-state index contributed by atoms with van der Waals surface area (Å²) in [7, 11) is 0. The van der Waals surface area contributed by atoms with E-state index in [1.165, 1.54) is 51.4 Å². The highest BCUT2D eigenvalue weighted by Crippen LogP contribution is 2.30. The van der Waals surface area contributed by atoms with Crippen molar-refractivity contribution in [2.45, 2.75) is 86.4 Å². The van der Waals surface area contributed by atoms with E-state index in [4.69, 9.17) is 9.47 Å². The lowest BCUT2D eigenvalue weighted by atomic mass is 9.85. The molecule has 1 heterocycles. The van der Waals surface area contributed by atoms with Gasteiger partial charge in [-0.1, -0.05) is 60.4 Å². The summed E-state index contributed by atoms with van der Waals surface area (Å²) in [5.74, 6) is 1.99. The number of aliphatic hydroxyl groups excluding tert-OH is 1. The van der Waals surface area contributed by atoms with Gasteiger partial charge in [0.25, 0.3) is 5.91 Å². The molecular formula is C22H39IN2O3S. The summed E-state index contributed by atoms with van der Waals surface area (Å²) >= 11 is 4.30. The van der Waals surface area contributed by atoms with E-state index in [9.17, 15) is 5.11 Å². The second-order valence-corrected chi connectivity index (χ2v) is 11.6. The smallest absolute Gasteiger partial charge is 0.252 e. The Kier molecular flexibility index (Phi) is 11.1. The molecule has 0 amide bonds. The minimum Gasteiger partial charge on any atom is -0.378 e. The zero-order valence-corrected chi connectivity index (χ0v) is 20.6. The van der Waals surface area contributed by atoms with Gasteiger partial charge in [0.1, 0.15) is 12.8 Å². The molecule has 0 aromatic rings. The van der Waals surface area contributed by atoms with Crippen LogP contribution in [0, 0.1) is 5.92 Å². The lowest BCUT2D eigenvalue weighted by Gasteiger charge is -2.27. The fourth-order valence-electron chi connectivity index (χ4n) is 3.82. The van der Waals surface area contributed by atoms with Crippen LogP contribution in [0.4, 0.5) is 0 Å². The van der Waals surface area contributed by atoms with E-state index in [2.05, 4.69) is 45.4 Å². The van der Waals surface area contributed by atoms with E-state index in [-0.39, 0.29) is 12.3 Å². The van der Waals surface area contributed by atoms with Crippen molar-refractivity contribution >= 4 is 34.4 Å². The van der Waals surface area contributed by atoms with Crippen LogP contribution in [0.3, 0.4) is 0 Å². The van der Waals surface area contributed by atoms with E-state index in [0.717, 1.165) is 43.4 Å². The lowest BCUT2D eigenvalue weighted by molar-refractivity contribution is -0.111. The quantitative estimate of drug-likeness (QED) is 0.114. The maximum Gasteiger partial charge on any atom is 0.252 e. The Hall–Kier alpha value is 0.620. The van der Waals surface area contributed by atoms with Gasteiger partial charge in [-0.2, -0.15) is 11.8 Å². The molecule has 2 fully saturated rings. The van der Waals surface area contributed by atoms with Crippen molar-refractivity contribution in [1.29, 1.82) is 0 Å². The van der Waals surface area contributed by atoms with Crippen molar-refractivity contribution in [3.63, 3.8) is 0 Å². The summed E-state index contributed by atoms with van der Waals surface area (Å²) < 4.78 is 12.5. The fraction of sp³-hybridized carbons (Fsp3) is 0.909. The fourth-order valence-corrected chi connectivity index (χ4v) is 5.65. The van der Waals surface area contributed by atoms with E-state index in [1.807, 2.05) is 11.8 Å². The molecule has 0 spiro atoms. The van der Waals surface area contributed by atoms with Crippen molar-refractivity contribution in [1.82, 2.24) is 10.6 Å². The molecule has 2 aliphatic carbocycles. The van der Waals surface area contributed by atoms with Crippen LogP contribution >= 0.6 is 34.4 Å². The van der Waals surface area contributed by atoms with Crippen molar-refractivity contribution in [3.05, 3.63) is 12.2 Å². The summed E-state index contributed by atoms with van der Waals surface area (Å²) in [4.78, 5) is 0. The second-order valence-electron chi connectivity index (χ2n) is 8.72. The first-order valence-corrected chi connectivity index (χ1v) is 13.9. The zero-order chi connectivity index (χ0) is 20.4. The normalized spacial score (nSPS) is 31.6. The Bertz CT molecular complexity index is 489. The first-order chi connectivity index (χ1) is 14.2. The van der Waals surface area contributed by atoms with Crippen LogP contribution in [0.25, 0.3) is 0 Å². The van der Waals surface area contributed by atoms with Gasteiger partial charge in [-0.05, 0) is 44.4 Å². The Labute approximate surface area is 194 Å². The number of nitrogens with one attached hydrogen (secondary N) is 2. The summed E-state index contributed by atoms with van der Waals surface area (Å²) in [5, 5.41) is 16.8. The second kappa shape index (κ2) is 13.2. The number of thioether (sulfide) groups is 1. The van der Waals surface area contributed by atoms with Crippen LogP contribution in [0.5, 0.6) is 0 Å². The molecule has 0 aromatic heterocycles. The van der Waals surface area contributed by atoms with Crippen molar-refractivity contribution < 1.29 is 14.6 Å². The number of hydrogen-bond donors (Lipinski definition) is 3. The molecule has 1 saturated heterocycles. The Balaban J connectivity index is 1.27. The van der Waals surface area contributed by atoms with E-state index >= 15 is 0 Å². The maximum atomic E-state index is 10.1. The molecule has 1 aliphatic heterocycles. The Morgan fingerprint density at radius 1 is 1.14 bits per heavy atom. The molecule has 168 valence electrons. The highest BCUT2D eigenvalue weighted by molar-refractivity contribution is 14.1. The molecule has 29 heavy (non-hydrogen) atoms. The zero-order valence-electron chi connectivity index (χ0n) is 17.6. The average Bonchev–Trinajstić information content (AvgIpc) is 3.44. The monoisotopic (exact) mass is 538 g/mol. The van der Waals surface area contributed by atoms with E-state index < -0.39 is 5.91 Å². The van der Waals surface area contributed by atoms with Gasteiger partial charge in [0, 0.05) is 28.5 Å². The van der Waals surface area contributed by atoms with Gasteiger partial charge in [0.05, 0.1) is 6.10 Å². The molecule has 1 saturated carbocycles. The minimum atomic E-state index is -0.555. The highest BCUT2D eigenvalue weighted by atomic mass is 127. The van der Waals surface area contributed by atoms with Gasteiger partial charge in [-0.25, -0.2) is 0 Å². The number of ether oxygens (including phenoxy) is 2. The molecule has 0 bridgehead atoms. The number of halogens is 1. The van der Waals surface area contributed by atoms with Crippen molar-refractivity contribution in [2.75, 3.05) is 31.2 Å². The third-order valence-corrected chi connectivity index (χ3v) is 8.68.